The van der Waals surface area contributed by atoms with Gasteiger partial charge >= 0.3 is 0 Å². The molecule has 0 saturated carbocycles. The number of nitrogens with two attached hydrogens (primary N) is 1. The van der Waals surface area contributed by atoms with Crippen LogP contribution in [0.25, 0.3) is 0 Å². The molecule has 2 aromatic rings. The molecule has 18 heavy (non-hydrogen) atoms. The molecule has 2 aromatic carbocycles. The average molecular weight is 261 g/mol. The number of ether oxygens (including phenoxy) is 1. The minimum absolute atomic E-state index is 0.00688. The quantitative estimate of drug-likeness (QED) is 0.655. The second-order valence-corrected chi connectivity index (χ2v) is 4.23. The van der Waals surface area contributed by atoms with E-state index < -0.39 is 0 Å². The molecular weight excluding hydrogens is 248 g/mol. The fourth-order valence-corrected chi connectivity index (χ4v) is 1.74. The molecule has 0 saturated heterocycles. The summed E-state index contributed by atoms with van der Waals surface area (Å²) in [7, 11) is 0. The molecule has 0 unspecified atom stereocenters. The van der Waals surface area contributed by atoms with Crippen LogP contribution >= 0.6 is 11.6 Å². The fraction of sp³-hybridized carbons (Fsp3) is 0.0714. The zero-order valence-corrected chi connectivity index (χ0v) is 10.4. The number of rotatable bonds is 4. The van der Waals surface area contributed by atoms with E-state index in [9.17, 15) is 0 Å². The van der Waals surface area contributed by atoms with Crippen LogP contribution in [-0.2, 0) is 6.61 Å². The van der Waals surface area contributed by atoms with E-state index >= 15 is 0 Å². The molecule has 0 radical (unpaired) electrons. The maximum absolute atomic E-state index is 7.33. The molecule has 0 atom stereocenters. The molecule has 0 aliphatic carbocycles. The maximum Gasteiger partial charge on any atom is 0.122 e. The molecule has 0 bridgehead atoms. The molecule has 0 aromatic heterocycles. The van der Waals surface area contributed by atoms with Gasteiger partial charge in [0.05, 0.1) is 0 Å². The van der Waals surface area contributed by atoms with Crippen molar-refractivity contribution in [3.05, 3.63) is 64.7 Å². The SMILES string of the molecule is N=C(N)c1ccc(COc2ccccc2)c(Cl)c1. The van der Waals surface area contributed by atoms with Crippen molar-refractivity contribution in [1.29, 1.82) is 5.41 Å². The third kappa shape index (κ3) is 3.02. The van der Waals surface area contributed by atoms with E-state index in [-0.39, 0.29) is 5.84 Å². The Kier molecular flexibility index (Phi) is 3.85. The summed E-state index contributed by atoms with van der Waals surface area (Å²) >= 11 is 6.11. The van der Waals surface area contributed by atoms with Crippen LogP contribution in [0.5, 0.6) is 5.75 Å². The molecule has 92 valence electrons. The predicted molar refractivity (Wildman–Crippen MR) is 73.2 cm³/mol. The highest BCUT2D eigenvalue weighted by molar-refractivity contribution is 6.31. The molecule has 3 N–H and O–H groups in total. The van der Waals surface area contributed by atoms with Gasteiger partial charge in [-0.3, -0.25) is 5.41 Å². The Labute approximate surface area is 111 Å². The highest BCUT2D eigenvalue weighted by Gasteiger charge is 2.04. The first-order valence-corrected chi connectivity index (χ1v) is 5.85. The van der Waals surface area contributed by atoms with Crippen LogP contribution < -0.4 is 10.5 Å². The van der Waals surface area contributed by atoms with E-state index in [1.807, 2.05) is 36.4 Å². The number of hydrogen-bond acceptors (Lipinski definition) is 2. The van der Waals surface area contributed by atoms with Crippen LogP contribution in [0.1, 0.15) is 11.1 Å². The topological polar surface area (TPSA) is 59.1 Å². The van der Waals surface area contributed by atoms with Gasteiger partial charge in [-0.05, 0) is 18.2 Å². The van der Waals surface area contributed by atoms with E-state index in [0.717, 1.165) is 11.3 Å². The molecule has 0 aliphatic rings. The number of benzene rings is 2. The molecule has 4 heteroatoms. The van der Waals surface area contributed by atoms with Crippen LogP contribution in [0, 0.1) is 5.41 Å². The van der Waals surface area contributed by atoms with E-state index in [0.29, 0.717) is 17.2 Å². The summed E-state index contributed by atoms with van der Waals surface area (Å²) in [5, 5.41) is 7.88. The molecule has 0 amide bonds. The van der Waals surface area contributed by atoms with Gasteiger partial charge in [-0.1, -0.05) is 41.9 Å². The van der Waals surface area contributed by atoms with Gasteiger partial charge in [0.2, 0.25) is 0 Å². The average Bonchev–Trinajstić information content (AvgIpc) is 2.38. The summed E-state index contributed by atoms with van der Waals surface area (Å²) in [4.78, 5) is 0. The van der Waals surface area contributed by atoms with Crippen molar-refractivity contribution < 1.29 is 4.74 Å². The van der Waals surface area contributed by atoms with Gasteiger partial charge in [0.1, 0.15) is 18.2 Å². The Morgan fingerprint density at radius 1 is 1.17 bits per heavy atom. The normalized spacial score (nSPS) is 10.1. The predicted octanol–water partition coefficient (Wildman–Crippen LogP) is 3.20. The third-order valence-electron chi connectivity index (χ3n) is 2.50. The van der Waals surface area contributed by atoms with Gasteiger partial charge < -0.3 is 10.5 Å². The second kappa shape index (κ2) is 5.56. The lowest BCUT2D eigenvalue weighted by Crippen LogP contribution is -2.11. The number of amidine groups is 1. The molecule has 0 spiro atoms. The number of nitrogens with one attached hydrogen (secondary N) is 1. The largest absolute Gasteiger partial charge is 0.489 e. The van der Waals surface area contributed by atoms with Gasteiger partial charge in [0.15, 0.2) is 0 Å². The fourth-order valence-electron chi connectivity index (χ4n) is 1.51. The first-order chi connectivity index (χ1) is 8.66. The maximum atomic E-state index is 7.33. The van der Waals surface area contributed by atoms with Crippen molar-refractivity contribution in [3.8, 4) is 5.75 Å². The Morgan fingerprint density at radius 2 is 1.89 bits per heavy atom. The first-order valence-electron chi connectivity index (χ1n) is 5.47. The van der Waals surface area contributed by atoms with Gasteiger partial charge in [0, 0.05) is 16.1 Å². The highest BCUT2D eigenvalue weighted by atomic mass is 35.5. The molecule has 2 rings (SSSR count). The first kappa shape index (κ1) is 12.5. The van der Waals surface area contributed by atoms with Gasteiger partial charge in [-0.2, -0.15) is 0 Å². The van der Waals surface area contributed by atoms with Crippen LogP contribution in [0.15, 0.2) is 48.5 Å². The zero-order valence-electron chi connectivity index (χ0n) is 9.69. The molecule has 0 aliphatic heterocycles. The van der Waals surface area contributed by atoms with Crippen molar-refractivity contribution in [2.24, 2.45) is 5.73 Å². The van der Waals surface area contributed by atoms with E-state index in [2.05, 4.69) is 0 Å². The van der Waals surface area contributed by atoms with Crippen molar-refractivity contribution in [1.82, 2.24) is 0 Å². The number of para-hydroxylation sites is 1. The van der Waals surface area contributed by atoms with Crippen molar-refractivity contribution in [2.75, 3.05) is 0 Å². The van der Waals surface area contributed by atoms with Gasteiger partial charge in [0.25, 0.3) is 0 Å². The number of nitrogen functional groups attached to an aromatic ring is 1. The summed E-state index contributed by atoms with van der Waals surface area (Å²) in [6, 6.07) is 14.8. The van der Waals surface area contributed by atoms with Crippen molar-refractivity contribution in [3.63, 3.8) is 0 Å². The van der Waals surface area contributed by atoms with Crippen LogP contribution in [0.2, 0.25) is 5.02 Å². The van der Waals surface area contributed by atoms with Crippen LogP contribution in [0.3, 0.4) is 0 Å². The third-order valence-corrected chi connectivity index (χ3v) is 2.85. The minimum Gasteiger partial charge on any atom is -0.489 e. The molecule has 0 fully saturated rings. The Bertz CT molecular complexity index is 555. The lowest BCUT2D eigenvalue weighted by atomic mass is 10.1. The van der Waals surface area contributed by atoms with E-state index in [1.54, 1.807) is 12.1 Å². The standard InChI is InChI=1S/C14H13ClN2O/c15-13-8-10(14(16)17)6-7-11(13)9-18-12-4-2-1-3-5-12/h1-8H,9H2,(H3,16,17). The van der Waals surface area contributed by atoms with Crippen LogP contribution in [0.4, 0.5) is 0 Å². The van der Waals surface area contributed by atoms with E-state index in [4.69, 9.17) is 27.5 Å². The smallest absolute Gasteiger partial charge is 0.122 e. The Balaban J connectivity index is 2.08. The van der Waals surface area contributed by atoms with Crippen LogP contribution in [-0.4, -0.2) is 5.84 Å². The monoisotopic (exact) mass is 260 g/mol. The van der Waals surface area contributed by atoms with Gasteiger partial charge in [-0.15, -0.1) is 0 Å². The van der Waals surface area contributed by atoms with Crippen molar-refractivity contribution >= 4 is 17.4 Å². The summed E-state index contributed by atoms with van der Waals surface area (Å²) < 4.78 is 5.60. The number of halogens is 1. The summed E-state index contributed by atoms with van der Waals surface area (Å²) in [6.45, 7) is 0.390. The Hall–Kier alpha value is -2.00. The van der Waals surface area contributed by atoms with Crippen molar-refractivity contribution in [2.45, 2.75) is 6.61 Å². The molecule has 0 heterocycles. The second-order valence-electron chi connectivity index (χ2n) is 3.82. The van der Waals surface area contributed by atoms with E-state index in [1.165, 1.54) is 0 Å². The summed E-state index contributed by atoms with van der Waals surface area (Å²) in [6.07, 6.45) is 0. The summed E-state index contributed by atoms with van der Waals surface area (Å²) in [5.74, 6) is 0.802. The number of hydrogen-bond donors (Lipinski definition) is 2. The lowest BCUT2D eigenvalue weighted by Gasteiger charge is -2.08. The van der Waals surface area contributed by atoms with Gasteiger partial charge in [-0.25, -0.2) is 0 Å². The Morgan fingerprint density at radius 3 is 2.50 bits per heavy atom. The molecule has 3 nitrogen and oxygen atoms in total. The molecular formula is C14H13ClN2O. The summed E-state index contributed by atoms with van der Waals surface area (Å²) in [5.41, 5.74) is 6.87. The minimum atomic E-state index is 0.00688. The zero-order chi connectivity index (χ0) is 13.0. The highest BCUT2D eigenvalue weighted by Crippen LogP contribution is 2.20. The lowest BCUT2D eigenvalue weighted by molar-refractivity contribution is 0.306.